The largest absolute Gasteiger partial charge is 0.444 e. The van der Waals surface area contributed by atoms with Gasteiger partial charge in [-0.3, -0.25) is 0 Å². The summed E-state index contributed by atoms with van der Waals surface area (Å²) in [4.78, 5) is 24.4. The second-order valence-corrected chi connectivity index (χ2v) is 6.90. The van der Waals surface area contributed by atoms with E-state index >= 15 is 0 Å². The zero-order valence-corrected chi connectivity index (χ0v) is 14.0. The number of carbonyl (C=O) groups excluding carboxylic acids is 2. The second-order valence-electron chi connectivity index (χ2n) is 6.90. The molecule has 0 saturated heterocycles. The maximum absolute atomic E-state index is 11.7. The Hall–Kier alpha value is -1.50. The number of likely N-dealkylation sites (N-methyl/N-ethyl adjacent to an activating group) is 1. The third kappa shape index (κ3) is 10.9. The van der Waals surface area contributed by atoms with Gasteiger partial charge in [-0.25, -0.2) is 9.59 Å². The van der Waals surface area contributed by atoms with Crippen molar-refractivity contribution in [2.24, 2.45) is 0 Å². The Morgan fingerprint density at radius 2 is 1.57 bits per heavy atom. The Balaban J connectivity index is 4.12. The highest BCUT2D eigenvalue weighted by Crippen LogP contribution is 2.09. The van der Waals surface area contributed by atoms with Crippen LogP contribution in [0, 0.1) is 0 Å². The van der Waals surface area contributed by atoms with E-state index in [1.54, 1.807) is 41.5 Å². The fourth-order valence-corrected chi connectivity index (χ4v) is 1.31. The van der Waals surface area contributed by atoms with Gasteiger partial charge in [0.25, 0.3) is 0 Å². The molecule has 7 heteroatoms. The molecule has 1 unspecified atom stereocenters. The van der Waals surface area contributed by atoms with Crippen LogP contribution < -0.4 is 5.32 Å². The van der Waals surface area contributed by atoms with Crippen molar-refractivity contribution in [2.75, 3.05) is 20.1 Å². The summed E-state index contributed by atoms with van der Waals surface area (Å²) in [6.07, 6.45) is -2.05. The normalized spacial score (nSPS) is 13.3. The molecule has 0 spiro atoms. The van der Waals surface area contributed by atoms with E-state index in [4.69, 9.17) is 9.47 Å². The fraction of sp³-hybridized carbons (Fsp3) is 0.857. The fourth-order valence-electron chi connectivity index (χ4n) is 1.31. The van der Waals surface area contributed by atoms with Crippen LogP contribution in [-0.2, 0) is 9.47 Å². The number of ether oxygens (including phenoxy) is 2. The third-order valence-corrected chi connectivity index (χ3v) is 2.07. The molecule has 0 saturated carbocycles. The van der Waals surface area contributed by atoms with E-state index in [2.05, 4.69) is 5.32 Å². The van der Waals surface area contributed by atoms with Crippen LogP contribution in [-0.4, -0.2) is 59.6 Å². The highest BCUT2D eigenvalue weighted by Gasteiger charge is 2.22. The van der Waals surface area contributed by atoms with Crippen LogP contribution in [0.4, 0.5) is 9.59 Å². The van der Waals surface area contributed by atoms with E-state index < -0.39 is 29.5 Å². The number of nitrogens with one attached hydrogen (secondary N) is 1. The molecule has 7 nitrogen and oxygen atoms in total. The van der Waals surface area contributed by atoms with E-state index in [-0.39, 0.29) is 13.1 Å². The smallest absolute Gasteiger partial charge is 0.410 e. The molecule has 0 heterocycles. The number of hydrogen-bond acceptors (Lipinski definition) is 5. The van der Waals surface area contributed by atoms with Gasteiger partial charge >= 0.3 is 12.2 Å². The molecule has 0 aliphatic carbocycles. The summed E-state index contributed by atoms with van der Waals surface area (Å²) in [6, 6.07) is 0. The summed E-state index contributed by atoms with van der Waals surface area (Å²) in [5.41, 5.74) is -1.19. The Bertz CT molecular complexity index is 357. The summed E-state index contributed by atoms with van der Waals surface area (Å²) < 4.78 is 10.2. The molecule has 124 valence electrons. The SMILES string of the molecule is CN(CC(O)CNC(=O)OC(C)(C)C)C(=O)OC(C)(C)C. The second kappa shape index (κ2) is 7.49. The number of alkyl carbamates (subject to hydrolysis) is 1. The first-order chi connectivity index (χ1) is 9.30. The number of rotatable bonds is 4. The van der Waals surface area contributed by atoms with Gasteiger partial charge in [0, 0.05) is 13.6 Å². The molecule has 0 aliphatic heterocycles. The van der Waals surface area contributed by atoms with Crippen LogP contribution in [0.25, 0.3) is 0 Å². The van der Waals surface area contributed by atoms with Crippen LogP contribution in [0.2, 0.25) is 0 Å². The summed E-state index contributed by atoms with van der Waals surface area (Å²) in [5, 5.41) is 12.2. The van der Waals surface area contributed by atoms with Gasteiger partial charge in [0.15, 0.2) is 0 Å². The molecular formula is C14H28N2O5. The van der Waals surface area contributed by atoms with Crippen molar-refractivity contribution in [3.63, 3.8) is 0 Å². The number of hydrogen-bond donors (Lipinski definition) is 2. The quantitative estimate of drug-likeness (QED) is 0.826. The van der Waals surface area contributed by atoms with Crippen LogP contribution in [0.3, 0.4) is 0 Å². The van der Waals surface area contributed by atoms with Crippen molar-refractivity contribution in [3.8, 4) is 0 Å². The number of carbonyl (C=O) groups is 2. The molecule has 1 atom stereocenters. The third-order valence-electron chi connectivity index (χ3n) is 2.07. The molecule has 0 aromatic heterocycles. The molecular weight excluding hydrogens is 276 g/mol. The number of amides is 2. The molecule has 0 bridgehead atoms. The van der Waals surface area contributed by atoms with Gasteiger partial charge in [-0.05, 0) is 41.5 Å². The van der Waals surface area contributed by atoms with Crippen LogP contribution in [0.5, 0.6) is 0 Å². The molecule has 2 N–H and O–H groups in total. The minimum atomic E-state index is -0.907. The standard InChI is InChI=1S/C14H28N2O5/c1-13(2,3)20-11(18)15-8-10(17)9-16(7)12(19)21-14(4,5)6/h10,17H,8-9H2,1-7H3,(H,15,18). The van der Waals surface area contributed by atoms with E-state index in [1.165, 1.54) is 11.9 Å². The molecule has 21 heavy (non-hydrogen) atoms. The topological polar surface area (TPSA) is 88.1 Å². The maximum Gasteiger partial charge on any atom is 0.410 e. The first-order valence-corrected chi connectivity index (χ1v) is 6.89. The van der Waals surface area contributed by atoms with Gasteiger partial charge in [0.05, 0.1) is 12.6 Å². The molecule has 0 aromatic carbocycles. The van der Waals surface area contributed by atoms with Gasteiger partial charge in [-0.15, -0.1) is 0 Å². The summed E-state index contributed by atoms with van der Waals surface area (Å²) in [5.74, 6) is 0. The molecule has 0 aliphatic rings. The highest BCUT2D eigenvalue weighted by molar-refractivity contribution is 5.68. The number of aliphatic hydroxyl groups is 1. The van der Waals surface area contributed by atoms with Crippen molar-refractivity contribution in [3.05, 3.63) is 0 Å². The predicted octanol–water partition coefficient (Wildman–Crippen LogP) is 1.74. The molecule has 0 aromatic rings. The van der Waals surface area contributed by atoms with Crippen LogP contribution in [0.1, 0.15) is 41.5 Å². The van der Waals surface area contributed by atoms with Gasteiger partial charge in [0.1, 0.15) is 11.2 Å². The Morgan fingerprint density at radius 1 is 1.10 bits per heavy atom. The van der Waals surface area contributed by atoms with Gasteiger partial charge in [0.2, 0.25) is 0 Å². The number of aliphatic hydroxyl groups excluding tert-OH is 1. The molecule has 0 radical (unpaired) electrons. The van der Waals surface area contributed by atoms with Crippen molar-refractivity contribution in [2.45, 2.75) is 58.8 Å². The number of nitrogens with zero attached hydrogens (tertiary/aromatic N) is 1. The Morgan fingerprint density at radius 3 is 2.00 bits per heavy atom. The van der Waals surface area contributed by atoms with E-state index in [0.717, 1.165) is 0 Å². The van der Waals surface area contributed by atoms with Gasteiger partial charge in [-0.2, -0.15) is 0 Å². The van der Waals surface area contributed by atoms with E-state index in [1.807, 2.05) is 0 Å². The van der Waals surface area contributed by atoms with Gasteiger partial charge < -0.3 is 24.8 Å². The zero-order chi connectivity index (χ0) is 16.8. The zero-order valence-electron chi connectivity index (χ0n) is 14.0. The first kappa shape index (κ1) is 19.5. The molecule has 0 rings (SSSR count). The summed E-state index contributed by atoms with van der Waals surface area (Å²) >= 11 is 0. The van der Waals surface area contributed by atoms with Crippen molar-refractivity contribution < 1.29 is 24.2 Å². The lowest BCUT2D eigenvalue weighted by Crippen LogP contribution is -2.43. The lowest BCUT2D eigenvalue weighted by atomic mass is 10.2. The summed E-state index contributed by atoms with van der Waals surface area (Å²) in [7, 11) is 1.52. The van der Waals surface area contributed by atoms with Crippen molar-refractivity contribution >= 4 is 12.2 Å². The maximum atomic E-state index is 11.7. The van der Waals surface area contributed by atoms with Crippen LogP contribution in [0.15, 0.2) is 0 Å². The van der Waals surface area contributed by atoms with Gasteiger partial charge in [-0.1, -0.05) is 0 Å². The lowest BCUT2D eigenvalue weighted by Gasteiger charge is -2.26. The Kier molecular flexibility index (Phi) is 6.96. The molecule has 0 fully saturated rings. The van der Waals surface area contributed by atoms with Crippen molar-refractivity contribution in [1.29, 1.82) is 0 Å². The summed E-state index contributed by atoms with van der Waals surface area (Å²) in [6.45, 7) is 10.6. The van der Waals surface area contributed by atoms with Crippen LogP contribution >= 0.6 is 0 Å². The predicted molar refractivity (Wildman–Crippen MR) is 79.1 cm³/mol. The Labute approximate surface area is 126 Å². The highest BCUT2D eigenvalue weighted by atomic mass is 16.6. The van der Waals surface area contributed by atoms with E-state index in [9.17, 15) is 14.7 Å². The minimum absolute atomic E-state index is 0.0119. The first-order valence-electron chi connectivity index (χ1n) is 6.89. The average molecular weight is 304 g/mol. The monoisotopic (exact) mass is 304 g/mol. The van der Waals surface area contributed by atoms with Crippen molar-refractivity contribution in [1.82, 2.24) is 10.2 Å². The average Bonchev–Trinajstić information content (AvgIpc) is 2.21. The van der Waals surface area contributed by atoms with E-state index in [0.29, 0.717) is 0 Å². The lowest BCUT2D eigenvalue weighted by molar-refractivity contribution is 0.0199. The minimum Gasteiger partial charge on any atom is -0.444 e. The molecule has 2 amide bonds.